The van der Waals surface area contributed by atoms with Crippen molar-refractivity contribution in [2.75, 3.05) is 11.9 Å². The highest BCUT2D eigenvalue weighted by Crippen LogP contribution is 2.34. The first kappa shape index (κ1) is 20.0. The summed E-state index contributed by atoms with van der Waals surface area (Å²) >= 11 is 0. The van der Waals surface area contributed by atoms with E-state index >= 15 is 0 Å². The van der Waals surface area contributed by atoms with Gasteiger partial charge in [0, 0.05) is 28.9 Å². The summed E-state index contributed by atoms with van der Waals surface area (Å²) in [7, 11) is 0. The van der Waals surface area contributed by atoms with Crippen LogP contribution in [0.5, 0.6) is 5.75 Å². The summed E-state index contributed by atoms with van der Waals surface area (Å²) in [5, 5.41) is 14.5. The van der Waals surface area contributed by atoms with Crippen molar-refractivity contribution in [1.82, 2.24) is 4.98 Å². The Bertz CT molecular complexity index is 1080. The van der Waals surface area contributed by atoms with Crippen LogP contribution in [0.3, 0.4) is 0 Å². The number of esters is 1. The van der Waals surface area contributed by atoms with Gasteiger partial charge in [0.05, 0.1) is 11.5 Å². The van der Waals surface area contributed by atoms with Crippen LogP contribution < -0.4 is 10.1 Å². The van der Waals surface area contributed by atoms with E-state index in [0.29, 0.717) is 11.1 Å². The van der Waals surface area contributed by atoms with Crippen molar-refractivity contribution in [3.05, 3.63) is 58.3 Å². The number of benzene rings is 2. The largest absolute Gasteiger partial charge is 0.573 e. The molecule has 0 amide bonds. The number of alkyl halides is 3. The molecule has 0 unspecified atom stereocenters. The van der Waals surface area contributed by atoms with Crippen LogP contribution in [0.1, 0.15) is 17.4 Å². The summed E-state index contributed by atoms with van der Waals surface area (Å²) in [4.78, 5) is 25.3. The van der Waals surface area contributed by atoms with Gasteiger partial charge in [-0.05, 0) is 31.2 Å². The van der Waals surface area contributed by atoms with Crippen LogP contribution in [-0.2, 0) is 4.74 Å². The number of nitrogens with zero attached hydrogens (tertiary/aromatic N) is 1. The average molecular weight is 409 g/mol. The molecule has 0 saturated heterocycles. The number of aromatic amines is 1. The Morgan fingerprint density at radius 2 is 2.00 bits per heavy atom. The summed E-state index contributed by atoms with van der Waals surface area (Å²) in [6, 6.07) is 9.09. The van der Waals surface area contributed by atoms with Gasteiger partial charge in [0.15, 0.2) is 0 Å². The molecule has 0 aliphatic heterocycles. The minimum atomic E-state index is -4.84. The van der Waals surface area contributed by atoms with E-state index in [4.69, 9.17) is 4.74 Å². The molecule has 29 heavy (non-hydrogen) atoms. The van der Waals surface area contributed by atoms with Gasteiger partial charge in [-0.25, -0.2) is 4.79 Å². The van der Waals surface area contributed by atoms with Gasteiger partial charge in [0.25, 0.3) is 5.69 Å². The van der Waals surface area contributed by atoms with Gasteiger partial charge in [-0.2, -0.15) is 0 Å². The zero-order valence-corrected chi connectivity index (χ0v) is 14.9. The van der Waals surface area contributed by atoms with E-state index in [9.17, 15) is 28.1 Å². The number of nitrogens with one attached hydrogen (secondary N) is 2. The minimum absolute atomic E-state index is 0.00774. The molecule has 1 aromatic heterocycles. The molecule has 0 fully saturated rings. The molecule has 3 rings (SSSR count). The van der Waals surface area contributed by atoms with E-state index in [1.807, 2.05) is 0 Å². The summed E-state index contributed by atoms with van der Waals surface area (Å²) in [6.07, 6.45) is -4.84. The summed E-state index contributed by atoms with van der Waals surface area (Å²) in [5.74, 6) is -1.12. The van der Waals surface area contributed by atoms with Crippen LogP contribution in [0.25, 0.3) is 10.9 Å². The van der Waals surface area contributed by atoms with Gasteiger partial charge >= 0.3 is 12.3 Å². The Morgan fingerprint density at radius 1 is 1.24 bits per heavy atom. The van der Waals surface area contributed by atoms with Crippen LogP contribution >= 0.6 is 0 Å². The molecule has 0 radical (unpaired) electrons. The summed E-state index contributed by atoms with van der Waals surface area (Å²) < 4.78 is 46.0. The lowest BCUT2D eigenvalue weighted by molar-refractivity contribution is -0.383. The number of aromatic nitrogens is 1. The Kier molecular flexibility index (Phi) is 5.31. The smallest absolute Gasteiger partial charge is 0.461 e. The summed E-state index contributed by atoms with van der Waals surface area (Å²) in [5.41, 5.74) is 0.400. The molecular formula is C18H14F3N3O5. The molecule has 0 saturated carbocycles. The number of nitro benzene ring substituents is 1. The predicted molar refractivity (Wildman–Crippen MR) is 97.3 cm³/mol. The maximum atomic E-state index is 12.4. The lowest BCUT2D eigenvalue weighted by Crippen LogP contribution is -2.17. The van der Waals surface area contributed by atoms with E-state index < -0.39 is 23.0 Å². The van der Waals surface area contributed by atoms with Crippen LogP contribution in [0, 0.1) is 10.1 Å². The molecule has 152 valence electrons. The van der Waals surface area contributed by atoms with E-state index in [1.165, 1.54) is 30.3 Å². The molecule has 8 nitrogen and oxygen atoms in total. The highest BCUT2D eigenvalue weighted by Gasteiger charge is 2.31. The Balaban J connectivity index is 2.01. The first-order valence-corrected chi connectivity index (χ1v) is 8.28. The second kappa shape index (κ2) is 7.70. The van der Waals surface area contributed by atoms with Gasteiger partial charge in [0.2, 0.25) is 0 Å². The molecule has 0 aliphatic carbocycles. The number of rotatable bonds is 6. The standard InChI is InChI=1S/C18H14F3N3O5/c1-2-28-17(25)14-9-12-13(6-7-15(24(26)27)16(12)23-14)22-10-4-3-5-11(8-10)29-18(19,20)21/h3-9,22-23H,2H2,1H3. The lowest BCUT2D eigenvalue weighted by Gasteiger charge is -2.12. The predicted octanol–water partition coefficient (Wildman–Crippen LogP) is 4.90. The first-order chi connectivity index (χ1) is 13.7. The number of H-pyrrole nitrogens is 1. The molecule has 0 bridgehead atoms. The monoisotopic (exact) mass is 409 g/mol. The Hall–Kier alpha value is -3.76. The molecule has 0 spiro atoms. The molecule has 0 aliphatic rings. The number of carbonyl (C=O) groups excluding carboxylic acids is 1. The number of non-ortho nitro benzene ring substituents is 1. The lowest BCUT2D eigenvalue weighted by atomic mass is 10.1. The quantitative estimate of drug-likeness (QED) is 0.341. The first-order valence-electron chi connectivity index (χ1n) is 8.28. The fourth-order valence-electron chi connectivity index (χ4n) is 2.71. The second-order valence-electron chi connectivity index (χ2n) is 5.78. The number of nitro groups is 1. The third-order valence-electron chi connectivity index (χ3n) is 3.81. The molecule has 3 aromatic rings. The second-order valence-corrected chi connectivity index (χ2v) is 5.78. The minimum Gasteiger partial charge on any atom is -0.461 e. The SMILES string of the molecule is CCOC(=O)c1cc2c(Nc3cccc(OC(F)(F)F)c3)ccc([N+](=O)[O-])c2[nH]1. The molecule has 2 N–H and O–H groups in total. The Morgan fingerprint density at radius 3 is 2.66 bits per heavy atom. The van der Waals surface area contributed by atoms with Gasteiger partial charge in [-0.15, -0.1) is 13.2 Å². The number of anilines is 2. The zero-order chi connectivity index (χ0) is 21.2. The number of hydrogen-bond acceptors (Lipinski definition) is 6. The van der Waals surface area contributed by atoms with Crippen molar-refractivity contribution < 1.29 is 32.4 Å². The summed E-state index contributed by atoms with van der Waals surface area (Å²) in [6.45, 7) is 1.74. The van der Waals surface area contributed by atoms with E-state index in [1.54, 1.807) is 6.92 Å². The van der Waals surface area contributed by atoms with Crippen molar-refractivity contribution in [1.29, 1.82) is 0 Å². The third kappa shape index (κ3) is 4.57. The van der Waals surface area contributed by atoms with Crippen LogP contribution in [0.2, 0.25) is 0 Å². The van der Waals surface area contributed by atoms with Crippen LogP contribution in [-0.4, -0.2) is 28.8 Å². The van der Waals surface area contributed by atoms with Crippen molar-refractivity contribution in [3.8, 4) is 5.75 Å². The van der Waals surface area contributed by atoms with Gasteiger partial charge in [0.1, 0.15) is 17.0 Å². The van der Waals surface area contributed by atoms with Crippen molar-refractivity contribution in [2.45, 2.75) is 13.3 Å². The molecule has 0 atom stereocenters. The van der Waals surface area contributed by atoms with Gasteiger partial charge in [-0.3, -0.25) is 10.1 Å². The fraction of sp³-hybridized carbons (Fsp3) is 0.167. The number of halogens is 3. The van der Waals surface area contributed by atoms with Gasteiger partial charge < -0.3 is 19.8 Å². The van der Waals surface area contributed by atoms with E-state index in [0.717, 1.165) is 12.1 Å². The van der Waals surface area contributed by atoms with Crippen LogP contribution in [0.15, 0.2) is 42.5 Å². The average Bonchev–Trinajstić information content (AvgIpc) is 3.06. The van der Waals surface area contributed by atoms with Crippen molar-refractivity contribution in [3.63, 3.8) is 0 Å². The molecular weight excluding hydrogens is 395 g/mol. The van der Waals surface area contributed by atoms with Crippen molar-refractivity contribution >= 4 is 33.9 Å². The number of hydrogen-bond donors (Lipinski definition) is 2. The third-order valence-corrected chi connectivity index (χ3v) is 3.81. The maximum Gasteiger partial charge on any atom is 0.573 e. The van der Waals surface area contributed by atoms with E-state index in [2.05, 4.69) is 15.0 Å². The highest BCUT2D eigenvalue weighted by atomic mass is 19.4. The number of carbonyl (C=O) groups is 1. The van der Waals surface area contributed by atoms with E-state index in [-0.39, 0.29) is 29.2 Å². The molecule has 2 aromatic carbocycles. The van der Waals surface area contributed by atoms with Crippen LogP contribution in [0.4, 0.5) is 30.2 Å². The zero-order valence-electron chi connectivity index (χ0n) is 14.9. The van der Waals surface area contributed by atoms with Gasteiger partial charge in [-0.1, -0.05) is 6.07 Å². The molecule has 1 heterocycles. The number of fused-ring (bicyclic) bond motifs is 1. The normalized spacial score (nSPS) is 11.3. The fourth-order valence-corrected chi connectivity index (χ4v) is 2.71. The topological polar surface area (TPSA) is 106 Å². The molecule has 11 heteroatoms. The maximum absolute atomic E-state index is 12.4. The number of ether oxygens (including phenoxy) is 2. The highest BCUT2D eigenvalue weighted by molar-refractivity contribution is 6.04. The Labute approximate surface area is 161 Å². The van der Waals surface area contributed by atoms with Crippen molar-refractivity contribution in [2.24, 2.45) is 0 Å².